The topological polar surface area (TPSA) is 55.4 Å². The molecule has 0 aliphatic heterocycles. The van der Waals surface area contributed by atoms with Crippen molar-refractivity contribution in [2.75, 3.05) is 78.4 Å². The van der Waals surface area contributed by atoms with Gasteiger partial charge in [0.15, 0.2) is 8.32 Å². The quantitative estimate of drug-likeness (QED) is 0.0572. The normalized spacial score (nSPS) is 12.0. The molecule has 0 amide bonds. The van der Waals surface area contributed by atoms with Gasteiger partial charge in [-0.2, -0.15) is 12.6 Å². The molecule has 0 N–H and O–H groups in total. The third kappa shape index (κ3) is 30.6. The molecule has 0 rings (SSSR count). The van der Waals surface area contributed by atoms with Crippen LogP contribution in [0.5, 0.6) is 0 Å². The number of hydrogen-bond acceptors (Lipinski definition) is 7. The average molecular weight is 553 g/mol. The van der Waals surface area contributed by atoms with Gasteiger partial charge in [0.25, 0.3) is 0 Å². The lowest BCUT2D eigenvalue weighted by molar-refractivity contribution is -0.0130. The SMILES string of the molecule is CCCCCCCCCCCCCOCCOCCOCCOCCOCCO[Si](C)(C)CCCS. The zero-order valence-corrected chi connectivity index (χ0v) is 26.0. The maximum absolute atomic E-state index is 5.99. The van der Waals surface area contributed by atoms with Gasteiger partial charge in [-0.05, 0) is 37.7 Å². The van der Waals surface area contributed by atoms with Gasteiger partial charge < -0.3 is 28.1 Å². The fraction of sp³-hybridized carbons (Fsp3) is 1.00. The zero-order chi connectivity index (χ0) is 26.4. The molecule has 0 aromatic heterocycles. The second-order valence-electron chi connectivity index (χ2n) is 10.0. The summed E-state index contributed by atoms with van der Waals surface area (Å²) in [5, 5.41) is 0. The van der Waals surface area contributed by atoms with Crippen LogP contribution in [0.15, 0.2) is 0 Å². The molecular formula is C28H60O6SSi. The summed E-state index contributed by atoms with van der Waals surface area (Å²) in [4.78, 5) is 0. The molecule has 36 heavy (non-hydrogen) atoms. The van der Waals surface area contributed by atoms with Crippen LogP contribution in [0.1, 0.15) is 84.0 Å². The lowest BCUT2D eigenvalue weighted by atomic mass is 10.1. The van der Waals surface area contributed by atoms with Gasteiger partial charge in [-0.25, -0.2) is 0 Å². The molecule has 0 fully saturated rings. The van der Waals surface area contributed by atoms with Crippen LogP contribution in [-0.4, -0.2) is 86.7 Å². The molecule has 0 aliphatic carbocycles. The van der Waals surface area contributed by atoms with E-state index in [1.807, 2.05) is 0 Å². The molecule has 0 unspecified atom stereocenters. The molecular weight excluding hydrogens is 492 g/mol. The fourth-order valence-electron chi connectivity index (χ4n) is 3.80. The molecule has 0 saturated heterocycles. The minimum atomic E-state index is -1.54. The Bertz CT molecular complexity index is 418. The molecule has 218 valence electrons. The summed E-state index contributed by atoms with van der Waals surface area (Å²) < 4.78 is 33.8. The maximum atomic E-state index is 5.99. The van der Waals surface area contributed by atoms with E-state index in [1.54, 1.807) is 0 Å². The monoisotopic (exact) mass is 552 g/mol. The largest absolute Gasteiger partial charge is 0.415 e. The van der Waals surface area contributed by atoms with Gasteiger partial charge in [0.2, 0.25) is 0 Å². The summed E-state index contributed by atoms with van der Waals surface area (Å²) in [5.74, 6) is 0.929. The first-order valence-electron chi connectivity index (χ1n) is 14.8. The highest BCUT2D eigenvalue weighted by molar-refractivity contribution is 7.80. The molecule has 6 nitrogen and oxygen atoms in total. The third-order valence-corrected chi connectivity index (χ3v) is 8.90. The predicted octanol–water partition coefficient (Wildman–Crippen LogP) is 6.92. The first-order valence-corrected chi connectivity index (χ1v) is 18.5. The second-order valence-corrected chi connectivity index (χ2v) is 14.8. The van der Waals surface area contributed by atoms with Crippen molar-refractivity contribution in [1.29, 1.82) is 0 Å². The number of hydrogen-bond donors (Lipinski definition) is 1. The van der Waals surface area contributed by atoms with E-state index in [0.717, 1.165) is 31.2 Å². The van der Waals surface area contributed by atoms with E-state index in [-0.39, 0.29) is 0 Å². The Hall–Kier alpha value is 0.327. The Labute approximate surface area is 230 Å². The minimum absolute atomic E-state index is 0.575. The summed E-state index contributed by atoms with van der Waals surface area (Å²) in [6.45, 7) is 13.7. The van der Waals surface area contributed by atoms with Gasteiger partial charge in [0, 0.05) is 6.61 Å². The van der Waals surface area contributed by atoms with Gasteiger partial charge in [-0.3, -0.25) is 0 Å². The van der Waals surface area contributed by atoms with Crippen molar-refractivity contribution < 1.29 is 28.1 Å². The Kier molecular flexibility index (Phi) is 30.1. The average Bonchev–Trinajstić information content (AvgIpc) is 2.87. The molecule has 8 heteroatoms. The van der Waals surface area contributed by atoms with Crippen molar-refractivity contribution >= 4 is 20.9 Å². The first-order chi connectivity index (χ1) is 17.6. The van der Waals surface area contributed by atoms with E-state index in [4.69, 9.17) is 28.1 Å². The van der Waals surface area contributed by atoms with Gasteiger partial charge in [-0.15, -0.1) is 0 Å². The number of ether oxygens (including phenoxy) is 5. The maximum Gasteiger partial charge on any atom is 0.186 e. The van der Waals surface area contributed by atoms with Crippen LogP contribution in [0.25, 0.3) is 0 Å². The summed E-state index contributed by atoms with van der Waals surface area (Å²) in [5.41, 5.74) is 0. The molecule has 0 heterocycles. The van der Waals surface area contributed by atoms with Crippen molar-refractivity contribution in [3.8, 4) is 0 Å². The Morgan fingerprint density at radius 2 is 0.806 bits per heavy atom. The van der Waals surface area contributed by atoms with Gasteiger partial charge >= 0.3 is 0 Å². The molecule has 0 saturated carbocycles. The van der Waals surface area contributed by atoms with Crippen LogP contribution < -0.4 is 0 Å². The molecule has 0 aliphatic rings. The highest BCUT2D eigenvalue weighted by Gasteiger charge is 2.21. The van der Waals surface area contributed by atoms with Crippen LogP contribution >= 0.6 is 12.6 Å². The second kappa shape index (κ2) is 29.9. The van der Waals surface area contributed by atoms with E-state index < -0.39 is 8.32 Å². The predicted molar refractivity (Wildman–Crippen MR) is 157 cm³/mol. The first kappa shape index (κ1) is 36.3. The fourth-order valence-corrected chi connectivity index (χ4v) is 6.07. The highest BCUT2D eigenvalue weighted by Crippen LogP contribution is 2.14. The van der Waals surface area contributed by atoms with E-state index in [9.17, 15) is 0 Å². The van der Waals surface area contributed by atoms with E-state index >= 15 is 0 Å². The van der Waals surface area contributed by atoms with Gasteiger partial charge in [0.05, 0.1) is 66.1 Å². The lowest BCUT2D eigenvalue weighted by Gasteiger charge is -2.22. The molecule has 0 radical (unpaired) electrons. The van der Waals surface area contributed by atoms with Crippen molar-refractivity contribution in [2.24, 2.45) is 0 Å². The van der Waals surface area contributed by atoms with Crippen LogP contribution in [0.3, 0.4) is 0 Å². The Morgan fingerprint density at radius 1 is 0.444 bits per heavy atom. The highest BCUT2D eigenvalue weighted by atomic mass is 32.1. The zero-order valence-electron chi connectivity index (χ0n) is 24.1. The van der Waals surface area contributed by atoms with E-state index in [2.05, 4.69) is 32.6 Å². The molecule has 0 spiro atoms. The summed E-state index contributed by atoms with van der Waals surface area (Å²) in [6, 6.07) is 1.15. The van der Waals surface area contributed by atoms with E-state index in [0.29, 0.717) is 66.1 Å². The lowest BCUT2D eigenvalue weighted by Crippen LogP contribution is -2.31. The van der Waals surface area contributed by atoms with Crippen molar-refractivity contribution in [3.05, 3.63) is 0 Å². The van der Waals surface area contributed by atoms with Gasteiger partial charge in [0.1, 0.15) is 0 Å². The minimum Gasteiger partial charge on any atom is -0.415 e. The summed E-state index contributed by atoms with van der Waals surface area (Å²) in [7, 11) is -1.54. The molecule has 0 aromatic rings. The standard InChI is InChI=1S/C28H60O6SSi/c1-4-5-6-7-8-9-10-11-12-13-14-16-29-17-18-30-19-20-31-21-22-32-23-24-33-25-26-34-36(2,3)28-15-27-35/h35H,4-28H2,1-3H3. The van der Waals surface area contributed by atoms with Crippen LogP contribution in [0, 0.1) is 0 Å². The van der Waals surface area contributed by atoms with Crippen LogP contribution in [0.2, 0.25) is 19.1 Å². The summed E-state index contributed by atoms with van der Waals surface area (Å²) >= 11 is 4.27. The number of rotatable bonds is 31. The molecule has 0 atom stereocenters. The number of thiol groups is 1. The Balaban J connectivity index is 3.10. The Morgan fingerprint density at radius 3 is 1.22 bits per heavy atom. The van der Waals surface area contributed by atoms with Crippen LogP contribution in [-0.2, 0) is 28.1 Å². The van der Waals surface area contributed by atoms with Gasteiger partial charge in [-0.1, -0.05) is 71.1 Å². The van der Waals surface area contributed by atoms with E-state index in [1.165, 1.54) is 64.2 Å². The number of unbranched alkanes of at least 4 members (excludes halogenated alkanes) is 10. The van der Waals surface area contributed by atoms with Crippen LogP contribution in [0.4, 0.5) is 0 Å². The third-order valence-electron chi connectivity index (χ3n) is 6.04. The smallest absolute Gasteiger partial charge is 0.186 e. The van der Waals surface area contributed by atoms with Crippen molar-refractivity contribution in [1.82, 2.24) is 0 Å². The van der Waals surface area contributed by atoms with Crippen molar-refractivity contribution in [2.45, 2.75) is 103 Å². The molecule has 0 bridgehead atoms. The van der Waals surface area contributed by atoms with Crippen molar-refractivity contribution in [3.63, 3.8) is 0 Å². The summed E-state index contributed by atoms with van der Waals surface area (Å²) in [6.07, 6.45) is 16.1. The molecule has 0 aromatic carbocycles.